The molecule has 1 aromatic rings. The van der Waals surface area contributed by atoms with Gasteiger partial charge in [0.15, 0.2) is 0 Å². The lowest BCUT2D eigenvalue weighted by Crippen LogP contribution is -2.38. The average molecular weight is 286 g/mol. The first kappa shape index (κ1) is 14.6. The van der Waals surface area contributed by atoms with Crippen LogP contribution in [0.25, 0.3) is 0 Å². The van der Waals surface area contributed by atoms with Crippen LogP contribution >= 0.6 is 0 Å². The van der Waals surface area contributed by atoms with Crippen LogP contribution in [-0.4, -0.2) is 29.6 Å². The molecule has 1 amide bonds. The van der Waals surface area contributed by atoms with E-state index in [1.807, 2.05) is 6.07 Å². The Labute approximate surface area is 127 Å². The minimum atomic E-state index is 0.00390. The van der Waals surface area contributed by atoms with Crippen LogP contribution in [0.5, 0.6) is 0 Å². The molecule has 0 spiro atoms. The Hall–Kier alpha value is -1.35. The van der Waals surface area contributed by atoms with Gasteiger partial charge in [0.25, 0.3) is 0 Å². The molecule has 2 aliphatic rings. The smallest absolute Gasteiger partial charge is 0.241 e. The van der Waals surface area contributed by atoms with Gasteiger partial charge in [-0.15, -0.1) is 0 Å². The summed E-state index contributed by atoms with van der Waals surface area (Å²) in [7, 11) is 0. The van der Waals surface area contributed by atoms with Gasteiger partial charge in [-0.1, -0.05) is 44.2 Å². The lowest BCUT2D eigenvalue weighted by molar-refractivity contribution is -0.130. The van der Waals surface area contributed by atoms with E-state index in [4.69, 9.17) is 0 Å². The molecule has 2 fully saturated rings. The zero-order valence-corrected chi connectivity index (χ0v) is 13.1. The molecule has 0 aromatic heterocycles. The summed E-state index contributed by atoms with van der Waals surface area (Å²) in [4.78, 5) is 14.7. The highest BCUT2D eigenvalue weighted by Gasteiger charge is 2.42. The molecule has 3 nitrogen and oxygen atoms in total. The molecule has 21 heavy (non-hydrogen) atoms. The fourth-order valence-electron chi connectivity index (χ4n) is 3.37. The summed E-state index contributed by atoms with van der Waals surface area (Å²) in [6.45, 7) is 5.40. The third-order valence-electron chi connectivity index (χ3n) is 5.01. The minimum Gasteiger partial charge on any atom is -0.326 e. The third-order valence-corrected chi connectivity index (χ3v) is 5.01. The number of carbonyl (C=O) groups is 1. The van der Waals surface area contributed by atoms with Crippen molar-refractivity contribution in [2.75, 3.05) is 6.54 Å². The molecule has 1 aliphatic carbocycles. The van der Waals surface area contributed by atoms with E-state index in [0.717, 1.165) is 37.6 Å². The van der Waals surface area contributed by atoms with E-state index in [2.05, 4.69) is 48.3 Å². The number of hydrogen-bond acceptors (Lipinski definition) is 2. The highest BCUT2D eigenvalue weighted by atomic mass is 16.2. The van der Waals surface area contributed by atoms with Crippen molar-refractivity contribution in [2.45, 2.75) is 51.7 Å². The number of benzene rings is 1. The van der Waals surface area contributed by atoms with E-state index in [0.29, 0.717) is 5.91 Å². The Kier molecular flexibility index (Phi) is 4.29. The molecule has 1 saturated heterocycles. The molecule has 0 bridgehead atoms. The van der Waals surface area contributed by atoms with Crippen molar-refractivity contribution in [1.29, 1.82) is 0 Å². The first-order valence-electron chi connectivity index (χ1n) is 8.29. The summed E-state index contributed by atoms with van der Waals surface area (Å²) in [5, 5.41) is 3.54. The van der Waals surface area contributed by atoms with Crippen molar-refractivity contribution in [3.8, 4) is 0 Å². The molecule has 4 unspecified atom stereocenters. The highest BCUT2D eigenvalue weighted by molar-refractivity contribution is 5.84. The molecule has 114 valence electrons. The van der Waals surface area contributed by atoms with Crippen molar-refractivity contribution in [3.05, 3.63) is 35.9 Å². The first-order chi connectivity index (χ1) is 10.2. The first-order valence-corrected chi connectivity index (χ1v) is 8.29. The second kappa shape index (κ2) is 6.18. The zero-order valence-electron chi connectivity index (χ0n) is 13.1. The quantitative estimate of drug-likeness (QED) is 0.872. The summed E-state index contributed by atoms with van der Waals surface area (Å²) < 4.78 is 0. The van der Waals surface area contributed by atoms with Gasteiger partial charge in [-0.2, -0.15) is 0 Å². The number of nitrogens with zero attached hydrogens (tertiary/aromatic N) is 1. The summed E-state index contributed by atoms with van der Waals surface area (Å²) in [5.41, 5.74) is 1.31. The fourth-order valence-corrected chi connectivity index (χ4v) is 3.37. The van der Waals surface area contributed by atoms with Gasteiger partial charge in [0, 0.05) is 6.54 Å². The van der Waals surface area contributed by atoms with Crippen LogP contribution in [0.4, 0.5) is 0 Å². The van der Waals surface area contributed by atoms with Gasteiger partial charge in [0.1, 0.15) is 0 Å². The Balaban J connectivity index is 1.57. The second-order valence-corrected chi connectivity index (χ2v) is 6.63. The van der Waals surface area contributed by atoms with Crippen molar-refractivity contribution in [3.63, 3.8) is 0 Å². The van der Waals surface area contributed by atoms with Crippen molar-refractivity contribution in [1.82, 2.24) is 10.2 Å². The van der Waals surface area contributed by atoms with Gasteiger partial charge in [0.05, 0.1) is 12.2 Å². The minimum absolute atomic E-state index is 0.00390. The van der Waals surface area contributed by atoms with Gasteiger partial charge in [0.2, 0.25) is 5.91 Å². The standard InChI is InChI=1S/C18H26N2O/c1-3-17-19-16(10-9-14-7-5-4-6-8-14)18(21)20(17)12-15-11-13(15)2/h4-8,13,15-17,19H,3,9-12H2,1-2H3. The number of amides is 1. The van der Waals surface area contributed by atoms with Gasteiger partial charge in [-0.3, -0.25) is 10.1 Å². The van der Waals surface area contributed by atoms with Crippen LogP contribution in [0.2, 0.25) is 0 Å². The zero-order chi connectivity index (χ0) is 14.8. The van der Waals surface area contributed by atoms with Gasteiger partial charge in [-0.25, -0.2) is 0 Å². The van der Waals surface area contributed by atoms with Gasteiger partial charge >= 0.3 is 0 Å². The fraction of sp³-hybridized carbons (Fsp3) is 0.611. The SMILES string of the molecule is CCC1NC(CCc2ccccc2)C(=O)N1CC1CC1C. The number of aryl methyl sites for hydroxylation is 1. The van der Waals surface area contributed by atoms with Gasteiger partial charge < -0.3 is 4.90 Å². The number of nitrogens with one attached hydrogen (secondary N) is 1. The van der Waals surface area contributed by atoms with Crippen LogP contribution in [-0.2, 0) is 11.2 Å². The van der Waals surface area contributed by atoms with Crippen LogP contribution in [0, 0.1) is 11.8 Å². The van der Waals surface area contributed by atoms with E-state index >= 15 is 0 Å². The Bertz CT molecular complexity index is 487. The molecular formula is C18H26N2O. The van der Waals surface area contributed by atoms with E-state index in [9.17, 15) is 4.79 Å². The van der Waals surface area contributed by atoms with Crippen LogP contribution in [0.3, 0.4) is 0 Å². The van der Waals surface area contributed by atoms with Crippen LogP contribution in [0.15, 0.2) is 30.3 Å². The molecule has 3 rings (SSSR count). The summed E-state index contributed by atoms with van der Waals surface area (Å²) in [6, 6.07) is 10.4. The molecule has 1 heterocycles. The molecule has 0 radical (unpaired) electrons. The van der Waals surface area contributed by atoms with Crippen molar-refractivity contribution in [2.24, 2.45) is 11.8 Å². The molecular weight excluding hydrogens is 260 g/mol. The van der Waals surface area contributed by atoms with E-state index in [1.165, 1.54) is 12.0 Å². The number of hydrogen-bond donors (Lipinski definition) is 1. The summed E-state index contributed by atoms with van der Waals surface area (Å²) in [5.74, 6) is 1.85. The third kappa shape index (κ3) is 3.29. The normalized spacial score (nSPS) is 31.7. The van der Waals surface area contributed by atoms with E-state index < -0.39 is 0 Å². The topological polar surface area (TPSA) is 32.3 Å². The van der Waals surface area contributed by atoms with E-state index in [-0.39, 0.29) is 12.2 Å². The second-order valence-electron chi connectivity index (χ2n) is 6.63. The summed E-state index contributed by atoms with van der Waals surface area (Å²) in [6.07, 6.45) is 4.39. The largest absolute Gasteiger partial charge is 0.326 e. The molecule has 1 N–H and O–H groups in total. The maximum absolute atomic E-state index is 12.6. The average Bonchev–Trinajstić information content (AvgIpc) is 3.12. The molecule has 1 saturated carbocycles. The Morgan fingerprint density at radius 3 is 2.62 bits per heavy atom. The lowest BCUT2D eigenvalue weighted by atomic mass is 10.1. The monoisotopic (exact) mass is 286 g/mol. The number of carbonyl (C=O) groups excluding carboxylic acids is 1. The number of rotatable bonds is 6. The molecule has 4 atom stereocenters. The Morgan fingerprint density at radius 1 is 1.29 bits per heavy atom. The predicted molar refractivity (Wildman–Crippen MR) is 84.7 cm³/mol. The Morgan fingerprint density at radius 2 is 2.00 bits per heavy atom. The molecule has 1 aliphatic heterocycles. The highest BCUT2D eigenvalue weighted by Crippen LogP contribution is 2.39. The lowest BCUT2D eigenvalue weighted by Gasteiger charge is -2.23. The van der Waals surface area contributed by atoms with E-state index in [1.54, 1.807) is 0 Å². The molecule has 3 heteroatoms. The maximum Gasteiger partial charge on any atom is 0.241 e. The van der Waals surface area contributed by atoms with Crippen LogP contribution in [0.1, 0.15) is 38.7 Å². The predicted octanol–water partition coefficient (Wildman–Crippen LogP) is 2.81. The van der Waals surface area contributed by atoms with Crippen molar-refractivity contribution < 1.29 is 4.79 Å². The van der Waals surface area contributed by atoms with Crippen molar-refractivity contribution >= 4 is 5.91 Å². The van der Waals surface area contributed by atoms with Gasteiger partial charge in [-0.05, 0) is 43.1 Å². The summed E-state index contributed by atoms with van der Waals surface area (Å²) >= 11 is 0. The van der Waals surface area contributed by atoms with Crippen LogP contribution < -0.4 is 5.32 Å². The molecule has 1 aromatic carbocycles. The maximum atomic E-state index is 12.6.